The van der Waals surface area contributed by atoms with Gasteiger partial charge in [-0.2, -0.15) is 0 Å². The fraction of sp³-hybridized carbons (Fsp3) is 0.192. The molecule has 174 valence electrons. The summed E-state index contributed by atoms with van der Waals surface area (Å²) in [4.78, 5) is 42.6. The maximum atomic E-state index is 13.7. The second kappa shape index (κ2) is 10.2. The molecule has 0 bridgehead atoms. The third-order valence-corrected chi connectivity index (χ3v) is 5.71. The van der Waals surface area contributed by atoms with Crippen LogP contribution in [0.15, 0.2) is 82.4 Å². The number of H-pyrrole nitrogens is 1. The number of fused-ring (bicyclic) bond motifs is 1. The highest BCUT2D eigenvalue weighted by atomic mass is 16.5. The number of aromatic amines is 1. The van der Waals surface area contributed by atoms with E-state index < -0.39 is 11.2 Å². The van der Waals surface area contributed by atoms with Crippen molar-refractivity contribution in [3.8, 4) is 0 Å². The van der Waals surface area contributed by atoms with Gasteiger partial charge in [0.25, 0.3) is 5.56 Å². The number of rotatable bonds is 8. The van der Waals surface area contributed by atoms with Crippen LogP contribution in [0.5, 0.6) is 0 Å². The van der Waals surface area contributed by atoms with Crippen LogP contribution in [0, 0.1) is 0 Å². The Bertz CT molecular complexity index is 1420. The van der Waals surface area contributed by atoms with Crippen LogP contribution >= 0.6 is 0 Å². The molecule has 0 saturated heterocycles. The van der Waals surface area contributed by atoms with Crippen molar-refractivity contribution in [1.29, 1.82) is 0 Å². The van der Waals surface area contributed by atoms with E-state index in [4.69, 9.17) is 10.5 Å². The minimum Gasteiger partial charge on any atom is -0.383 e. The van der Waals surface area contributed by atoms with Gasteiger partial charge in [0.05, 0.1) is 26.1 Å². The Morgan fingerprint density at radius 2 is 1.71 bits per heavy atom. The highest BCUT2D eigenvalue weighted by molar-refractivity contribution is 5.99. The Kier molecular flexibility index (Phi) is 6.89. The predicted molar refractivity (Wildman–Crippen MR) is 133 cm³/mol. The lowest BCUT2D eigenvalue weighted by Crippen LogP contribution is -2.41. The molecule has 0 spiro atoms. The SMILES string of the molecule is COCCn1c(N)c(N(Cc2ccccc2)C(=O)Cc2cccc3ccccc23)c(=O)[nH]c1=O. The number of methoxy groups -OCH3 is 1. The molecule has 4 aromatic rings. The van der Waals surface area contributed by atoms with Gasteiger partial charge in [-0.15, -0.1) is 0 Å². The van der Waals surface area contributed by atoms with E-state index >= 15 is 0 Å². The van der Waals surface area contributed by atoms with E-state index in [1.165, 1.54) is 16.6 Å². The monoisotopic (exact) mass is 458 g/mol. The number of nitrogen functional groups attached to an aromatic ring is 1. The minimum atomic E-state index is -0.710. The summed E-state index contributed by atoms with van der Waals surface area (Å²) in [7, 11) is 1.50. The molecule has 3 N–H and O–H groups in total. The minimum absolute atomic E-state index is 0.0511. The number of benzene rings is 3. The van der Waals surface area contributed by atoms with Crippen LogP contribution in [-0.4, -0.2) is 29.2 Å². The van der Waals surface area contributed by atoms with E-state index in [1.54, 1.807) is 0 Å². The van der Waals surface area contributed by atoms with E-state index in [0.717, 1.165) is 21.9 Å². The van der Waals surface area contributed by atoms with E-state index in [2.05, 4.69) is 4.98 Å². The van der Waals surface area contributed by atoms with Crippen LogP contribution in [0.2, 0.25) is 0 Å². The molecule has 0 radical (unpaired) electrons. The first-order valence-corrected chi connectivity index (χ1v) is 10.9. The van der Waals surface area contributed by atoms with Gasteiger partial charge < -0.3 is 10.5 Å². The molecule has 34 heavy (non-hydrogen) atoms. The third-order valence-electron chi connectivity index (χ3n) is 5.71. The average molecular weight is 459 g/mol. The highest BCUT2D eigenvalue weighted by Gasteiger charge is 2.25. The number of aromatic nitrogens is 2. The molecular weight excluding hydrogens is 432 g/mol. The summed E-state index contributed by atoms with van der Waals surface area (Å²) >= 11 is 0. The fourth-order valence-corrected chi connectivity index (χ4v) is 4.01. The first-order chi connectivity index (χ1) is 16.5. The lowest BCUT2D eigenvalue weighted by molar-refractivity contribution is -0.118. The van der Waals surface area contributed by atoms with E-state index in [0.29, 0.717) is 0 Å². The Morgan fingerprint density at radius 1 is 1.00 bits per heavy atom. The molecule has 0 aliphatic heterocycles. The van der Waals surface area contributed by atoms with Crippen LogP contribution in [-0.2, 0) is 29.0 Å². The molecule has 0 saturated carbocycles. The summed E-state index contributed by atoms with van der Waals surface area (Å²) in [6, 6.07) is 22.9. The van der Waals surface area contributed by atoms with Gasteiger partial charge in [-0.3, -0.25) is 24.0 Å². The number of hydrogen-bond acceptors (Lipinski definition) is 5. The first-order valence-electron chi connectivity index (χ1n) is 10.9. The average Bonchev–Trinajstić information content (AvgIpc) is 2.84. The van der Waals surface area contributed by atoms with Crippen molar-refractivity contribution in [2.75, 3.05) is 24.4 Å². The number of ether oxygens (including phenoxy) is 1. The number of nitrogens with two attached hydrogens (primary N) is 1. The molecule has 4 rings (SSSR count). The van der Waals surface area contributed by atoms with Gasteiger partial charge in [-0.25, -0.2) is 4.79 Å². The predicted octanol–water partition coefficient (Wildman–Crippen LogP) is 2.69. The van der Waals surface area contributed by atoms with Crippen molar-refractivity contribution >= 4 is 28.2 Å². The zero-order chi connectivity index (χ0) is 24.1. The third kappa shape index (κ3) is 4.77. The normalized spacial score (nSPS) is 11.0. The van der Waals surface area contributed by atoms with Gasteiger partial charge in [0.15, 0.2) is 5.69 Å². The molecule has 0 unspecified atom stereocenters. The number of nitrogens with one attached hydrogen (secondary N) is 1. The zero-order valence-electron chi connectivity index (χ0n) is 18.9. The largest absolute Gasteiger partial charge is 0.383 e. The lowest BCUT2D eigenvalue weighted by Gasteiger charge is -2.25. The van der Waals surface area contributed by atoms with Crippen LogP contribution in [0.25, 0.3) is 10.8 Å². The van der Waals surface area contributed by atoms with Gasteiger partial charge in [0, 0.05) is 7.11 Å². The maximum Gasteiger partial charge on any atom is 0.330 e. The van der Waals surface area contributed by atoms with Crippen molar-refractivity contribution in [1.82, 2.24) is 9.55 Å². The van der Waals surface area contributed by atoms with Crippen molar-refractivity contribution in [3.63, 3.8) is 0 Å². The fourth-order valence-electron chi connectivity index (χ4n) is 4.01. The van der Waals surface area contributed by atoms with Crippen molar-refractivity contribution in [3.05, 3.63) is 105 Å². The van der Waals surface area contributed by atoms with Crippen molar-refractivity contribution in [2.45, 2.75) is 19.5 Å². The topological polar surface area (TPSA) is 110 Å². The van der Waals surface area contributed by atoms with Crippen molar-refractivity contribution in [2.24, 2.45) is 0 Å². The number of anilines is 2. The van der Waals surface area contributed by atoms with Gasteiger partial charge in [0.1, 0.15) is 5.82 Å². The molecular formula is C26H26N4O4. The molecule has 0 fully saturated rings. The summed E-state index contributed by atoms with van der Waals surface area (Å²) < 4.78 is 6.27. The number of carbonyl (C=O) groups is 1. The van der Waals surface area contributed by atoms with E-state index in [1.807, 2.05) is 72.8 Å². The summed E-state index contributed by atoms with van der Waals surface area (Å²) in [5, 5.41) is 1.98. The van der Waals surface area contributed by atoms with Crippen LogP contribution in [0.3, 0.4) is 0 Å². The number of carbonyl (C=O) groups excluding carboxylic acids is 1. The molecule has 1 aromatic heterocycles. The molecule has 8 heteroatoms. The smallest absolute Gasteiger partial charge is 0.330 e. The van der Waals surface area contributed by atoms with Crippen LogP contribution < -0.4 is 21.9 Å². The number of hydrogen-bond donors (Lipinski definition) is 2. The van der Waals surface area contributed by atoms with Crippen LogP contribution in [0.1, 0.15) is 11.1 Å². The van der Waals surface area contributed by atoms with Gasteiger partial charge in [-0.05, 0) is 21.9 Å². The molecule has 0 aliphatic rings. The first kappa shape index (κ1) is 23.0. The summed E-state index contributed by atoms with van der Waals surface area (Å²) in [5.74, 6) is -0.387. The maximum absolute atomic E-state index is 13.7. The molecule has 0 aliphatic carbocycles. The second-order valence-electron chi connectivity index (χ2n) is 7.92. The van der Waals surface area contributed by atoms with Crippen molar-refractivity contribution < 1.29 is 9.53 Å². The molecule has 1 heterocycles. The Hall–Kier alpha value is -4.17. The summed E-state index contributed by atoms with van der Waals surface area (Å²) in [6.45, 7) is 0.486. The Labute approximate surface area is 196 Å². The van der Waals surface area contributed by atoms with Gasteiger partial charge >= 0.3 is 5.69 Å². The molecule has 0 atom stereocenters. The van der Waals surface area contributed by atoms with E-state index in [9.17, 15) is 14.4 Å². The summed E-state index contributed by atoms with van der Waals surface area (Å²) in [5.41, 5.74) is 6.54. The quantitative estimate of drug-likeness (QED) is 0.422. The Morgan fingerprint density at radius 3 is 2.47 bits per heavy atom. The molecule has 3 aromatic carbocycles. The standard InChI is InChI=1S/C26H26N4O4/c1-34-15-14-29-24(27)23(25(32)28-26(29)33)30(17-18-8-3-2-4-9-18)22(31)16-20-12-7-11-19-10-5-6-13-21(19)20/h2-13H,14-17,27H2,1H3,(H,28,32,33). The zero-order valence-corrected chi connectivity index (χ0v) is 18.9. The second-order valence-corrected chi connectivity index (χ2v) is 7.92. The summed E-state index contributed by atoms with van der Waals surface area (Å²) in [6.07, 6.45) is 0.0598. The van der Waals surface area contributed by atoms with Crippen LogP contribution in [0.4, 0.5) is 11.5 Å². The molecule has 1 amide bonds. The van der Waals surface area contributed by atoms with E-state index in [-0.39, 0.29) is 43.5 Å². The highest BCUT2D eigenvalue weighted by Crippen LogP contribution is 2.24. The number of amides is 1. The number of nitrogens with zero attached hydrogens (tertiary/aromatic N) is 2. The Balaban J connectivity index is 1.79. The van der Waals surface area contributed by atoms with Gasteiger partial charge in [0.2, 0.25) is 5.91 Å². The molecule has 8 nitrogen and oxygen atoms in total. The van der Waals surface area contributed by atoms with Gasteiger partial charge in [-0.1, -0.05) is 72.8 Å². The lowest BCUT2D eigenvalue weighted by atomic mass is 10.0.